The van der Waals surface area contributed by atoms with Gasteiger partial charge in [-0.05, 0) is 18.6 Å². The maximum absolute atomic E-state index is 4.54. The number of aromatic nitrogens is 1. The molecule has 1 aromatic heterocycles. The monoisotopic (exact) mass is 207 g/mol. The SMILES string of the molecule is CCC1CSC(Nc2cccnc2)=N1. The Morgan fingerprint density at radius 3 is 3.21 bits per heavy atom. The van der Waals surface area contributed by atoms with Crippen molar-refractivity contribution in [2.75, 3.05) is 11.1 Å². The van der Waals surface area contributed by atoms with Crippen molar-refractivity contribution in [2.45, 2.75) is 19.4 Å². The molecule has 0 radical (unpaired) electrons. The maximum atomic E-state index is 4.54. The lowest BCUT2D eigenvalue weighted by Crippen LogP contribution is -2.05. The van der Waals surface area contributed by atoms with Crippen LogP contribution in [0.3, 0.4) is 0 Å². The zero-order valence-electron chi connectivity index (χ0n) is 8.10. The van der Waals surface area contributed by atoms with Crippen molar-refractivity contribution in [3.63, 3.8) is 0 Å². The van der Waals surface area contributed by atoms with Crippen LogP contribution < -0.4 is 5.32 Å². The lowest BCUT2D eigenvalue weighted by Gasteiger charge is -2.02. The molecule has 1 atom stereocenters. The summed E-state index contributed by atoms with van der Waals surface area (Å²) in [5, 5.41) is 4.27. The zero-order chi connectivity index (χ0) is 9.80. The molecule has 2 rings (SSSR count). The standard InChI is InChI=1S/C10H13N3S/c1-2-8-7-14-10(12-8)13-9-4-3-5-11-6-9/h3-6,8H,2,7H2,1H3,(H,12,13). The molecule has 1 N–H and O–H groups in total. The minimum Gasteiger partial charge on any atom is -0.334 e. The van der Waals surface area contributed by atoms with E-state index in [0.717, 1.165) is 23.0 Å². The molecule has 1 aliphatic rings. The molecule has 1 unspecified atom stereocenters. The summed E-state index contributed by atoms with van der Waals surface area (Å²) in [4.78, 5) is 8.58. The summed E-state index contributed by atoms with van der Waals surface area (Å²) >= 11 is 1.78. The molecule has 0 fully saturated rings. The molecule has 0 bridgehead atoms. The molecule has 0 aromatic carbocycles. The average molecular weight is 207 g/mol. The van der Waals surface area contributed by atoms with Gasteiger partial charge in [0.05, 0.1) is 17.9 Å². The summed E-state index contributed by atoms with van der Waals surface area (Å²) in [7, 11) is 0. The summed E-state index contributed by atoms with van der Waals surface area (Å²) in [5.41, 5.74) is 1.01. The van der Waals surface area contributed by atoms with Gasteiger partial charge in [0, 0.05) is 11.9 Å². The summed E-state index contributed by atoms with van der Waals surface area (Å²) in [5.74, 6) is 1.10. The molecule has 1 aliphatic heterocycles. The minimum atomic E-state index is 0.485. The van der Waals surface area contributed by atoms with Gasteiger partial charge in [0.1, 0.15) is 0 Å². The van der Waals surface area contributed by atoms with E-state index in [0.29, 0.717) is 6.04 Å². The maximum Gasteiger partial charge on any atom is 0.161 e. The van der Waals surface area contributed by atoms with Crippen molar-refractivity contribution in [3.8, 4) is 0 Å². The zero-order valence-corrected chi connectivity index (χ0v) is 8.92. The first-order valence-electron chi connectivity index (χ1n) is 4.76. The highest BCUT2D eigenvalue weighted by Gasteiger charge is 2.15. The Kier molecular flexibility index (Phi) is 3.03. The number of aliphatic imine (C=N–C) groups is 1. The van der Waals surface area contributed by atoms with Crippen molar-refractivity contribution in [1.82, 2.24) is 4.98 Å². The van der Waals surface area contributed by atoms with Crippen LogP contribution in [0.1, 0.15) is 13.3 Å². The molecule has 14 heavy (non-hydrogen) atoms. The van der Waals surface area contributed by atoms with Gasteiger partial charge in [-0.25, -0.2) is 0 Å². The van der Waals surface area contributed by atoms with Crippen LogP contribution in [0.25, 0.3) is 0 Å². The molecule has 74 valence electrons. The summed E-state index contributed by atoms with van der Waals surface area (Å²) in [6, 6.07) is 4.40. The van der Waals surface area contributed by atoms with Gasteiger partial charge in [-0.2, -0.15) is 0 Å². The van der Waals surface area contributed by atoms with Crippen LogP contribution in [-0.4, -0.2) is 21.9 Å². The minimum absolute atomic E-state index is 0.485. The molecule has 1 aromatic rings. The number of nitrogens with one attached hydrogen (secondary N) is 1. The van der Waals surface area contributed by atoms with Gasteiger partial charge in [-0.3, -0.25) is 9.98 Å². The van der Waals surface area contributed by atoms with E-state index in [1.807, 2.05) is 18.3 Å². The van der Waals surface area contributed by atoms with Gasteiger partial charge in [0.25, 0.3) is 0 Å². The fourth-order valence-corrected chi connectivity index (χ4v) is 2.33. The van der Waals surface area contributed by atoms with E-state index in [9.17, 15) is 0 Å². The number of pyridine rings is 1. The van der Waals surface area contributed by atoms with Crippen molar-refractivity contribution in [2.24, 2.45) is 4.99 Å². The Hall–Kier alpha value is -1.03. The van der Waals surface area contributed by atoms with Gasteiger partial charge >= 0.3 is 0 Å². The van der Waals surface area contributed by atoms with Crippen LogP contribution >= 0.6 is 11.8 Å². The van der Waals surface area contributed by atoms with Crippen molar-refractivity contribution in [3.05, 3.63) is 24.5 Å². The Balaban J connectivity index is 1.99. The molecule has 2 heterocycles. The van der Waals surface area contributed by atoms with E-state index in [-0.39, 0.29) is 0 Å². The number of hydrogen-bond donors (Lipinski definition) is 1. The molecule has 0 spiro atoms. The topological polar surface area (TPSA) is 37.3 Å². The van der Waals surface area contributed by atoms with E-state index in [1.54, 1.807) is 18.0 Å². The molecule has 3 nitrogen and oxygen atoms in total. The quantitative estimate of drug-likeness (QED) is 0.809. The second kappa shape index (κ2) is 4.46. The van der Waals surface area contributed by atoms with Gasteiger partial charge < -0.3 is 5.32 Å². The average Bonchev–Trinajstić information content (AvgIpc) is 2.67. The Bertz CT molecular complexity index is 323. The normalized spacial score (nSPS) is 20.6. The summed E-state index contributed by atoms with van der Waals surface area (Å²) < 4.78 is 0. The van der Waals surface area contributed by atoms with Crippen molar-refractivity contribution < 1.29 is 0 Å². The summed E-state index contributed by atoms with van der Waals surface area (Å²) in [6.07, 6.45) is 4.69. The highest BCUT2D eigenvalue weighted by Crippen LogP contribution is 2.21. The lowest BCUT2D eigenvalue weighted by atomic mass is 10.3. The highest BCUT2D eigenvalue weighted by molar-refractivity contribution is 8.14. The van der Waals surface area contributed by atoms with E-state index in [4.69, 9.17) is 0 Å². The number of hydrogen-bond acceptors (Lipinski definition) is 4. The second-order valence-electron chi connectivity index (χ2n) is 3.17. The Labute approximate surface area is 88.0 Å². The van der Waals surface area contributed by atoms with Gasteiger partial charge in [-0.1, -0.05) is 18.7 Å². The first kappa shape index (κ1) is 9.52. The number of rotatable bonds is 2. The smallest absolute Gasteiger partial charge is 0.161 e. The van der Waals surface area contributed by atoms with E-state index in [2.05, 4.69) is 22.2 Å². The number of nitrogens with zero attached hydrogens (tertiary/aromatic N) is 2. The van der Waals surface area contributed by atoms with Crippen molar-refractivity contribution >= 4 is 22.6 Å². The molecular weight excluding hydrogens is 194 g/mol. The van der Waals surface area contributed by atoms with E-state index in [1.165, 1.54) is 0 Å². The van der Waals surface area contributed by atoms with Gasteiger partial charge in [0.2, 0.25) is 0 Å². The predicted molar refractivity (Wildman–Crippen MR) is 61.8 cm³/mol. The second-order valence-corrected chi connectivity index (χ2v) is 4.18. The van der Waals surface area contributed by atoms with Gasteiger partial charge in [-0.15, -0.1) is 0 Å². The predicted octanol–water partition coefficient (Wildman–Crippen LogP) is 2.37. The molecule has 4 heteroatoms. The van der Waals surface area contributed by atoms with Crippen molar-refractivity contribution in [1.29, 1.82) is 0 Å². The number of anilines is 1. The largest absolute Gasteiger partial charge is 0.334 e. The first-order valence-corrected chi connectivity index (χ1v) is 5.74. The summed E-state index contributed by atoms with van der Waals surface area (Å²) in [6.45, 7) is 2.17. The third-order valence-electron chi connectivity index (χ3n) is 2.10. The van der Waals surface area contributed by atoms with E-state index >= 15 is 0 Å². The molecule has 0 aliphatic carbocycles. The molecule has 0 amide bonds. The van der Waals surface area contributed by atoms with Crippen LogP contribution in [-0.2, 0) is 0 Å². The molecule has 0 saturated carbocycles. The lowest BCUT2D eigenvalue weighted by molar-refractivity contribution is 0.738. The molecular formula is C10H13N3S. The first-order chi connectivity index (χ1) is 6.88. The Morgan fingerprint density at radius 1 is 1.64 bits per heavy atom. The van der Waals surface area contributed by atoms with Crippen LogP contribution in [0.5, 0.6) is 0 Å². The van der Waals surface area contributed by atoms with E-state index < -0.39 is 0 Å². The number of thioether (sulfide) groups is 1. The highest BCUT2D eigenvalue weighted by atomic mass is 32.2. The van der Waals surface area contributed by atoms with Gasteiger partial charge in [0.15, 0.2) is 5.17 Å². The third-order valence-corrected chi connectivity index (χ3v) is 3.13. The van der Waals surface area contributed by atoms with Crippen LogP contribution in [0.15, 0.2) is 29.5 Å². The number of amidine groups is 1. The fourth-order valence-electron chi connectivity index (χ4n) is 1.25. The fraction of sp³-hybridized carbons (Fsp3) is 0.400. The van der Waals surface area contributed by atoms with Crippen LogP contribution in [0, 0.1) is 0 Å². The van der Waals surface area contributed by atoms with Crippen LogP contribution in [0.2, 0.25) is 0 Å². The third kappa shape index (κ3) is 2.26. The Morgan fingerprint density at radius 2 is 2.57 bits per heavy atom. The van der Waals surface area contributed by atoms with Crippen LogP contribution in [0.4, 0.5) is 5.69 Å². The molecule has 0 saturated heterocycles.